The quantitative estimate of drug-likeness (QED) is 0.481. The highest BCUT2D eigenvalue weighted by atomic mass is 16.2. The molecule has 2 heterocycles. The maximum absolute atomic E-state index is 13.1. The van der Waals surface area contributed by atoms with Gasteiger partial charge in [-0.2, -0.15) is 0 Å². The third-order valence-corrected chi connectivity index (χ3v) is 9.74. The van der Waals surface area contributed by atoms with E-state index in [0.717, 1.165) is 24.0 Å². The summed E-state index contributed by atoms with van der Waals surface area (Å²) in [5.74, 6) is -0.198. The van der Waals surface area contributed by atoms with Gasteiger partial charge in [-0.3, -0.25) is 29.0 Å². The Bertz CT molecular complexity index is 1270. The molecule has 0 N–H and O–H groups in total. The van der Waals surface area contributed by atoms with Gasteiger partial charge in [-0.05, 0) is 78.3 Å². The smallest absolute Gasteiger partial charge is 0.238 e. The first-order valence-corrected chi connectivity index (χ1v) is 13.3. The molecule has 4 amide bonds. The van der Waals surface area contributed by atoms with Gasteiger partial charge in [0.2, 0.25) is 23.6 Å². The lowest BCUT2D eigenvalue weighted by Gasteiger charge is -2.18. The Morgan fingerprint density at radius 3 is 1.08 bits per heavy atom. The highest BCUT2D eigenvalue weighted by Gasteiger charge is 2.60. The molecule has 4 aliphatic carbocycles. The average molecular weight is 491 g/mol. The van der Waals surface area contributed by atoms with Crippen molar-refractivity contribution in [1.82, 2.24) is 0 Å². The lowest BCUT2D eigenvalue weighted by Crippen LogP contribution is -2.32. The molecule has 184 valence electrons. The van der Waals surface area contributed by atoms with Gasteiger partial charge < -0.3 is 0 Å². The largest absolute Gasteiger partial charge is 0.274 e. The first-order valence-electron chi connectivity index (χ1n) is 13.3. The molecular formula is C31H26N2O4. The Hall–Kier alpha value is -3.80. The third-order valence-electron chi connectivity index (χ3n) is 9.74. The number of hydrogen-bond acceptors (Lipinski definition) is 4. The molecule has 0 unspecified atom stereocenters. The van der Waals surface area contributed by atoms with Crippen molar-refractivity contribution in [1.29, 1.82) is 0 Å². The van der Waals surface area contributed by atoms with E-state index >= 15 is 0 Å². The van der Waals surface area contributed by atoms with Gasteiger partial charge in [0.15, 0.2) is 0 Å². The van der Waals surface area contributed by atoms with Gasteiger partial charge in [0, 0.05) is 0 Å². The van der Waals surface area contributed by atoms with Crippen LogP contribution in [0.1, 0.15) is 24.0 Å². The maximum Gasteiger partial charge on any atom is 0.238 e. The fourth-order valence-electron chi connectivity index (χ4n) is 8.08. The monoisotopic (exact) mass is 490 g/mol. The topological polar surface area (TPSA) is 74.8 Å². The molecule has 4 bridgehead atoms. The molecule has 6 heteroatoms. The molecule has 4 fully saturated rings. The first kappa shape index (κ1) is 21.3. The normalized spacial score (nSPS) is 36.4. The van der Waals surface area contributed by atoms with Crippen LogP contribution in [0.5, 0.6) is 0 Å². The highest BCUT2D eigenvalue weighted by Crippen LogP contribution is 2.54. The number of hydrogen-bond donors (Lipinski definition) is 0. The van der Waals surface area contributed by atoms with Crippen molar-refractivity contribution < 1.29 is 19.2 Å². The number of amides is 4. The predicted molar refractivity (Wildman–Crippen MR) is 136 cm³/mol. The molecule has 6 aliphatic rings. The standard InChI is InChI=1S/C31H26N2O4/c34-28-24-18-5-6-19(14-18)25(24)29(35)32(28)22-9-1-16(2-10-22)13-17-3-11-23(12-4-17)33-30(36)26-20-7-8-21(15-20)27(26)31(33)37/h1-12,18-21,24-27H,13-15H2/t18-,19+,20-,21+,24-,25-,26-,27+/m0/s1. The van der Waals surface area contributed by atoms with Crippen LogP contribution in [0.3, 0.4) is 0 Å². The number of anilines is 2. The first-order chi connectivity index (χ1) is 18.0. The van der Waals surface area contributed by atoms with Crippen LogP contribution in [0, 0.1) is 47.3 Å². The Morgan fingerprint density at radius 2 is 0.784 bits per heavy atom. The van der Waals surface area contributed by atoms with Crippen molar-refractivity contribution in [2.24, 2.45) is 47.3 Å². The average Bonchev–Trinajstić information content (AvgIpc) is 3.74. The molecule has 8 atom stereocenters. The number of fused-ring (bicyclic) bond motifs is 10. The second kappa shape index (κ2) is 7.37. The minimum absolute atomic E-state index is 0.0610. The van der Waals surface area contributed by atoms with E-state index in [1.165, 1.54) is 9.80 Å². The summed E-state index contributed by atoms with van der Waals surface area (Å²) in [5.41, 5.74) is 3.40. The Balaban J connectivity index is 0.973. The molecule has 2 aromatic carbocycles. The maximum atomic E-state index is 13.1. The number of rotatable bonds is 4. The summed E-state index contributed by atoms with van der Waals surface area (Å²) in [6.45, 7) is 0. The summed E-state index contributed by atoms with van der Waals surface area (Å²) in [7, 11) is 0. The van der Waals surface area contributed by atoms with Crippen molar-refractivity contribution in [2.75, 3.05) is 9.80 Å². The number of imide groups is 2. The molecule has 2 aromatic rings. The minimum atomic E-state index is -0.193. The van der Waals surface area contributed by atoms with E-state index in [9.17, 15) is 19.2 Å². The molecule has 0 aromatic heterocycles. The number of carbonyl (C=O) groups is 4. The van der Waals surface area contributed by atoms with E-state index < -0.39 is 0 Å². The molecular weight excluding hydrogens is 464 g/mol. The third kappa shape index (κ3) is 2.81. The Kier molecular flexibility index (Phi) is 4.24. The zero-order valence-corrected chi connectivity index (χ0v) is 20.2. The molecule has 2 saturated carbocycles. The highest BCUT2D eigenvalue weighted by molar-refractivity contribution is 6.23. The van der Waals surface area contributed by atoms with Crippen molar-refractivity contribution in [3.8, 4) is 0 Å². The van der Waals surface area contributed by atoms with Crippen LogP contribution in [0.4, 0.5) is 11.4 Å². The zero-order chi connectivity index (χ0) is 25.0. The number of allylic oxidation sites excluding steroid dienone is 4. The van der Waals surface area contributed by atoms with Crippen LogP contribution >= 0.6 is 0 Å². The van der Waals surface area contributed by atoms with Crippen molar-refractivity contribution in [2.45, 2.75) is 19.3 Å². The van der Waals surface area contributed by atoms with Crippen LogP contribution in [0.15, 0.2) is 72.8 Å². The van der Waals surface area contributed by atoms with Crippen LogP contribution < -0.4 is 9.80 Å². The van der Waals surface area contributed by atoms with Gasteiger partial charge in [-0.25, -0.2) is 0 Å². The van der Waals surface area contributed by atoms with Crippen LogP contribution in [0.2, 0.25) is 0 Å². The number of carbonyl (C=O) groups excluding carboxylic acids is 4. The lowest BCUT2D eigenvalue weighted by atomic mass is 9.85. The van der Waals surface area contributed by atoms with Gasteiger partial charge in [0.05, 0.1) is 35.0 Å². The molecule has 6 nitrogen and oxygen atoms in total. The van der Waals surface area contributed by atoms with E-state index in [-0.39, 0.29) is 71.0 Å². The fourth-order valence-corrected chi connectivity index (χ4v) is 8.08. The predicted octanol–water partition coefficient (Wildman–Crippen LogP) is 3.90. The molecule has 0 spiro atoms. The summed E-state index contributed by atoms with van der Waals surface area (Å²) in [4.78, 5) is 55.1. The van der Waals surface area contributed by atoms with Gasteiger partial charge in [-0.15, -0.1) is 0 Å². The lowest BCUT2D eigenvalue weighted by molar-refractivity contribution is -0.124. The van der Waals surface area contributed by atoms with E-state index in [0.29, 0.717) is 17.8 Å². The van der Waals surface area contributed by atoms with Gasteiger partial charge in [0.1, 0.15) is 0 Å². The summed E-state index contributed by atoms with van der Waals surface area (Å²) >= 11 is 0. The summed E-state index contributed by atoms with van der Waals surface area (Å²) in [6, 6.07) is 15.3. The van der Waals surface area contributed by atoms with Crippen molar-refractivity contribution in [3.63, 3.8) is 0 Å². The summed E-state index contributed by atoms with van der Waals surface area (Å²) in [5, 5.41) is 0. The number of benzene rings is 2. The molecule has 2 saturated heterocycles. The van der Waals surface area contributed by atoms with Crippen LogP contribution in [0.25, 0.3) is 0 Å². The van der Waals surface area contributed by atoms with E-state index in [2.05, 4.69) is 24.3 Å². The van der Waals surface area contributed by atoms with Crippen LogP contribution in [-0.4, -0.2) is 23.6 Å². The molecule has 37 heavy (non-hydrogen) atoms. The Morgan fingerprint density at radius 1 is 0.486 bits per heavy atom. The van der Waals surface area contributed by atoms with Crippen LogP contribution in [-0.2, 0) is 25.6 Å². The molecule has 0 radical (unpaired) electrons. The summed E-state index contributed by atoms with van der Waals surface area (Å²) < 4.78 is 0. The second-order valence-corrected chi connectivity index (χ2v) is 11.5. The van der Waals surface area contributed by atoms with Crippen molar-refractivity contribution >= 4 is 35.0 Å². The van der Waals surface area contributed by atoms with Gasteiger partial charge in [0.25, 0.3) is 0 Å². The fraction of sp³-hybridized carbons (Fsp3) is 0.355. The van der Waals surface area contributed by atoms with Gasteiger partial charge >= 0.3 is 0 Å². The molecule has 2 aliphatic heterocycles. The van der Waals surface area contributed by atoms with E-state index in [1.807, 2.05) is 48.5 Å². The Labute approximate surface area is 214 Å². The number of nitrogens with zero attached hydrogens (tertiary/aromatic N) is 2. The molecule has 8 rings (SSSR count). The van der Waals surface area contributed by atoms with E-state index in [1.54, 1.807) is 0 Å². The van der Waals surface area contributed by atoms with Crippen molar-refractivity contribution in [3.05, 3.63) is 84.0 Å². The van der Waals surface area contributed by atoms with Gasteiger partial charge in [-0.1, -0.05) is 48.6 Å². The summed E-state index contributed by atoms with van der Waals surface area (Å²) in [6.07, 6.45) is 11.0. The minimum Gasteiger partial charge on any atom is -0.274 e. The van der Waals surface area contributed by atoms with E-state index in [4.69, 9.17) is 0 Å². The SMILES string of the molecule is O=C1[C@@H]2[C@@H](C(=O)N1c1ccc(Cc3ccc(N4C(=O)[C@@H]5[C@H](C4=O)[C@@H]4C=C[C@H]5C4)cc3)cc1)[C@H]1C=C[C@@H]2C1. The second-order valence-electron chi connectivity index (χ2n) is 11.5. The zero-order valence-electron chi connectivity index (χ0n) is 20.2.